The van der Waals surface area contributed by atoms with Gasteiger partial charge in [-0.3, -0.25) is 0 Å². The zero-order valence-corrected chi connectivity index (χ0v) is 11.8. The van der Waals surface area contributed by atoms with Crippen molar-refractivity contribution in [3.05, 3.63) is 53.8 Å². The summed E-state index contributed by atoms with van der Waals surface area (Å²) in [6.07, 6.45) is 0. The molecule has 0 aliphatic heterocycles. The molecular weight excluding hydrogens is 253 g/mol. The molecule has 0 spiro atoms. The Morgan fingerprint density at radius 3 is 2.45 bits per heavy atom. The van der Waals surface area contributed by atoms with Crippen LogP contribution in [0.15, 0.2) is 46.9 Å². The van der Waals surface area contributed by atoms with Crippen LogP contribution in [-0.2, 0) is 5.41 Å². The molecule has 0 aliphatic rings. The highest BCUT2D eigenvalue weighted by Crippen LogP contribution is 2.33. The summed E-state index contributed by atoms with van der Waals surface area (Å²) in [5.74, 6) is 0.00571. The van der Waals surface area contributed by atoms with Crippen LogP contribution >= 0.6 is 0 Å². The first-order chi connectivity index (χ1) is 9.47. The van der Waals surface area contributed by atoms with Crippen molar-refractivity contribution >= 4 is 11.1 Å². The Morgan fingerprint density at radius 2 is 1.75 bits per heavy atom. The summed E-state index contributed by atoms with van der Waals surface area (Å²) in [6, 6.07) is 12.4. The number of oxazole rings is 1. The molecule has 0 radical (unpaired) electrons. The van der Waals surface area contributed by atoms with E-state index in [0.29, 0.717) is 11.5 Å². The van der Waals surface area contributed by atoms with Crippen molar-refractivity contribution in [2.75, 3.05) is 0 Å². The summed E-state index contributed by atoms with van der Waals surface area (Å²) in [5, 5.41) is 0. The van der Waals surface area contributed by atoms with Gasteiger partial charge in [0.15, 0.2) is 5.58 Å². The molecule has 0 saturated heterocycles. The number of hydrogen-bond donors (Lipinski definition) is 0. The molecule has 0 amide bonds. The molecule has 3 heteroatoms. The van der Waals surface area contributed by atoms with Crippen LogP contribution in [0, 0.1) is 5.82 Å². The molecule has 20 heavy (non-hydrogen) atoms. The van der Waals surface area contributed by atoms with Gasteiger partial charge in [0.25, 0.3) is 0 Å². The van der Waals surface area contributed by atoms with Gasteiger partial charge < -0.3 is 4.42 Å². The van der Waals surface area contributed by atoms with E-state index in [1.54, 1.807) is 18.2 Å². The van der Waals surface area contributed by atoms with E-state index < -0.39 is 0 Å². The van der Waals surface area contributed by atoms with Gasteiger partial charge in [0, 0.05) is 5.56 Å². The van der Waals surface area contributed by atoms with E-state index in [1.807, 2.05) is 18.2 Å². The molecule has 0 saturated carbocycles. The normalized spacial score (nSPS) is 12.0. The molecule has 102 valence electrons. The number of rotatable bonds is 1. The Hall–Kier alpha value is -2.16. The van der Waals surface area contributed by atoms with E-state index in [4.69, 9.17) is 4.42 Å². The van der Waals surface area contributed by atoms with E-state index in [1.165, 1.54) is 6.07 Å². The average Bonchev–Trinajstić information content (AvgIpc) is 2.81. The first-order valence-electron chi connectivity index (χ1n) is 6.62. The van der Waals surface area contributed by atoms with E-state index in [-0.39, 0.29) is 11.2 Å². The summed E-state index contributed by atoms with van der Waals surface area (Å²) in [7, 11) is 0. The van der Waals surface area contributed by atoms with Gasteiger partial charge in [-0.25, -0.2) is 9.37 Å². The molecule has 0 bridgehead atoms. The molecule has 0 N–H and O–H groups in total. The van der Waals surface area contributed by atoms with Crippen LogP contribution in [-0.4, -0.2) is 4.98 Å². The highest BCUT2D eigenvalue weighted by atomic mass is 19.1. The van der Waals surface area contributed by atoms with Crippen molar-refractivity contribution in [1.82, 2.24) is 4.98 Å². The van der Waals surface area contributed by atoms with Crippen molar-refractivity contribution in [2.45, 2.75) is 26.2 Å². The monoisotopic (exact) mass is 269 g/mol. The molecule has 0 aliphatic carbocycles. The highest BCUT2D eigenvalue weighted by Gasteiger charge is 2.21. The summed E-state index contributed by atoms with van der Waals surface area (Å²) in [4.78, 5) is 4.41. The number of halogens is 1. The summed E-state index contributed by atoms with van der Waals surface area (Å²) < 4.78 is 19.7. The lowest BCUT2D eigenvalue weighted by molar-refractivity contribution is 0.557. The lowest BCUT2D eigenvalue weighted by Crippen LogP contribution is -2.10. The van der Waals surface area contributed by atoms with E-state index in [2.05, 4.69) is 25.8 Å². The minimum Gasteiger partial charge on any atom is -0.436 e. The predicted octanol–water partition coefficient (Wildman–Crippen LogP) is 4.93. The SMILES string of the molecule is CC(C)(C)c1cccc2nc(-c3ccccc3F)oc12. The minimum atomic E-state index is -0.323. The molecule has 0 fully saturated rings. The van der Waals surface area contributed by atoms with Gasteiger partial charge >= 0.3 is 0 Å². The van der Waals surface area contributed by atoms with Gasteiger partial charge in [-0.05, 0) is 23.6 Å². The van der Waals surface area contributed by atoms with Crippen molar-refractivity contribution in [3.8, 4) is 11.5 Å². The fourth-order valence-electron chi connectivity index (χ4n) is 2.29. The molecule has 0 unspecified atom stereocenters. The van der Waals surface area contributed by atoms with Crippen molar-refractivity contribution in [2.24, 2.45) is 0 Å². The zero-order valence-electron chi connectivity index (χ0n) is 11.8. The second-order valence-electron chi connectivity index (χ2n) is 5.90. The fourth-order valence-corrected chi connectivity index (χ4v) is 2.29. The number of fused-ring (bicyclic) bond motifs is 1. The number of aromatic nitrogens is 1. The van der Waals surface area contributed by atoms with Crippen LogP contribution in [0.5, 0.6) is 0 Å². The third-order valence-corrected chi connectivity index (χ3v) is 3.33. The van der Waals surface area contributed by atoms with E-state index in [9.17, 15) is 4.39 Å². The van der Waals surface area contributed by atoms with Crippen LogP contribution in [0.4, 0.5) is 4.39 Å². The number of hydrogen-bond acceptors (Lipinski definition) is 2. The standard InChI is InChI=1S/C17H16FNO/c1-17(2,3)12-8-6-10-14-15(12)20-16(19-14)11-7-4-5-9-13(11)18/h4-10H,1-3H3. The molecule has 1 aromatic heterocycles. The molecular formula is C17H16FNO. The van der Waals surface area contributed by atoms with Gasteiger partial charge in [0.2, 0.25) is 5.89 Å². The Bertz CT molecular complexity index is 768. The van der Waals surface area contributed by atoms with Crippen LogP contribution in [0.2, 0.25) is 0 Å². The van der Waals surface area contributed by atoms with Gasteiger partial charge in [0.05, 0.1) is 5.56 Å². The highest BCUT2D eigenvalue weighted by molar-refractivity contribution is 5.80. The van der Waals surface area contributed by atoms with Gasteiger partial charge in [-0.1, -0.05) is 45.0 Å². The van der Waals surface area contributed by atoms with Crippen LogP contribution in [0.1, 0.15) is 26.3 Å². The largest absolute Gasteiger partial charge is 0.436 e. The number of nitrogens with zero attached hydrogens (tertiary/aromatic N) is 1. The van der Waals surface area contributed by atoms with Crippen molar-refractivity contribution in [1.29, 1.82) is 0 Å². The maximum absolute atomic E-state index is 13.8. The third kappa shape index (κ3) is 2.09. The summed E-state index contributed by atoms with van der Waals surface area (Å²) in [5.41, 5.74) is 2.91. The van der Waals surface area contributed by atoms with Crippen molar-refractivity contribution in [3.63, 3.8) is 0 Å². The Balaban J connectivity index is 2.24. The second-order valence-corrected chi connectivity index (χ2v) is 5.90. The zero-order chi connectivity index (χ0) is 14.3. The van der Waals surface area contributed by atoms with Crippen LogP contribution in [0.3, 0.4) is 0 Å². The Labute approximate surface area is 117 Å². The Morgan fingerprint density at radius 1 is 1.00 bits per heavy atom. The van der Waals surface area contributed by atoms with Crippen molar-refractivity contribution < 1.29 is 8.81 Å². The smallest absolute Gasteiger partial charge is 0.230 e. The molecule has 1 heterocycles. The lowest BCUT2D eigenvalue weighted by Gasteiger charge is -2.18. The van der Waals surface area contributed by atoms with Gasteiger partial charge in [-0.2, -0.15) is 0 Å². The third-order valence-electron chi connectivity index (χ3n) is 3.33. The van der Waals surface area contributed by atoms with Crippen LogP contribution in [0.25, 0.3) is 22.6 Å². The average molecular weight is 269 g/mol. The van der Waals surface area contributed by atoms with Crippen LogP contribution < -0.4 is 0 Å². The lowest BCUT2D eigenvalue weighted by atomic mass is 9.86. The molecule has 2 aromatic carbocycles. The Kier molecular flexibility index (Phi) is 2.85. The first kappa shape index (κ1) is 12.9. The molecule has 3 rings (SSSR count). The summed E-state index contributed by atoms with van der Waals surface area (Å²) in [6.45, 7) is 6.35. The summed E-state index contributed by atoms with van der Waals surface area (Å²) >= 11 is 0. The number of benzene rings is 2. The van der Waals surface area contributed by atoms with Gasteiger partial charge in [0.1, 0.15) is 11.3 Å². The fraction of sp³-hybridized carbons (Fsp3) is 0.235. The topological polar surface area (TPSA) is 26.0 Å². The minimum absolute atomic E-state index is 0.0501. The van der Waals surface area contributed by atoms with E-state index in [0.717, 1.165) is 16.7 Å². The van der Waals surface area contributed by atoms with E-state index >= 15 is 0 Å². The maximum atomic E-state index is 13.8. The number of para-hydroxylation sites is 1. The second kappa shape index (κ2) is 4.44. The maximum Gasteiger partial charge on any atom is 0.230 e. The predicted molar refractivity (Wildman–Crippen MR) is 78.1 cm³/mol. The first-order valence-corrected chi connectivity index (χ1v) is 6.62. The molecule has 3 aromatic rings. The molecule has 2 nitrogen and oxygen atoms in total. The molecule has 0 atom stereocenters. The quantitative estimate of drug-likeness (QED) is 0.626. The van der Waals surface area contributed by atoms with Gasteiger partial charge in [-0.15, -0.1) is 0 Å².